The van der Waals surface area contributed by atoms with Crippen LogP contribution >= 0.6 is 11.6 Å². The Bertz CT molecular complexity index is 955. The van der Waals surface area contributed by atoms with Crippen LogP contribution in [-0.4, -0.2) is 12.7 Å². The van der Waals surface area contributed by atoms with Crippen LogP contribution in [0.3, 0.4) is 0 Å². The van der Waals surface area contributed by atoms with E-state index in [0.717, 1.165) is 5.56 Å². The van der Waals surface area contributed by atoms with Crippen molar-refractivity contribution >= 4 is 23.2 Å². The summed E-state index contributed by atoms with van der Waals surface area (Å²) >= 11 is 5.87. The van der Waals surface area contributed by atoms with E-state index in [1.807, 2.05) is 36.4 Å². The van der Waals surface area contributed by atoms with Crippen LogP contribution in [0.25, 0.3) is 0 Å². The third kappa shape index (κ3) is 4.15. The molecule has 3 aromatic carbocycles. The van der Waals surface area contributed by atoms with E-state index >= 15 is 0 Å². The molecule has 0 aromatic heterocycles. The maximum absolute atomic E-state index is 12.4. The first kappa shape index (κ1) is 17.2. The molecule has 5 nitrogen and oxygen atoms in total. The van der Waals surface area contributed by atoms with Gasteiger partial charge in [0.1, 0.15) is 12.4 Å². The monoisotopic (exact) mass is 381 g/mol. The van der Waals surface area contributed by atoms with Crippen molar-refractivity contribution in [2.45, 2.75) is 6.61 Å². The molecule has 0 radical (unpaired) electrons. The van der Waals surface area contributed by atoms with Crippen molar-refractivity contribution in [1.29, 1.82) is 0 Å². The van der Waals surface area contributed by atoms with Gasteiger partial charge in [0, 0.05) is 16.3 Å². The molecule has 0 atom stereocenters. The first-order valence-corrected chi connectivity index (χ1v) is 8.73. The highest BCUT2D eigenvalue weighted by Gasteiger charge is 2.16. The Labute approximate surface area is 161 Å². The maximum Gasteiger partial charge on any atom is 0.255 e. The number of fused-ring (bicyclic) bond motifs is 1. The van der Waals surface area contributed by atoms with Gasteiger partial charge in [-0.05, 0) is 60.2 Å². The Morgan fingerprint density at radius 2 is 1.70 bits per heavy atom. The second-order valence-electron chi connectivity index (χ2n) is 5.96. The summed E-state index contributed by atoms with van der Waals surface area (Å²) < 4.78 is 16.3. The molecule has 0 saturated heterocycles. The molecule has 0 fully saturated rings. The van der Waals surface area contributed by atoms with E-state index in [9.17, 15) is 4.79 Å². The van der Waals surface area contributed by atoms with E-state index in [-0.39, 0.29) is 12.7 Å². The number of anilines is 1. The molecule has 1 heterocycles. The van der Waals surface area contributed by atoms with Gasteiger partial charge in [0.05, 0.1) is 0 Å². The molecule has 3 aromatic rings. The van der Waals surface area contributed by atoms with E-state index in [4.69, 9.17) is 25.8 Å². The molecule has 136 valence electrons. The van der Waals surface area contributed by atoms with Crippen LogP contribution < -0.4 is 19.5 Å². The van der Waals surface area contributed by atoms with Crippen molar-refractivity contribution in [2.75, 3.05) is 12.1 Å². The minimum atomic E-state index is -0.219. The van der Waals surface area contributed by atoms with Gasteiger partial charge in [-0.2, -0.15) is 0 Å². The van der Waals surface area contributed by atoms with Crippen LogP contribution in [0.2, 0.25) is 5.02 Å². The van der Waals surface area contributed by atoms with Crippen LogP contribution in [0, 0.1) is 0 Å². The summed E-state index contributed by atoms with van der Waals surface area (Å²) in [5.41, 5.74) is 2.21. The second-order valence-corrected chi connectivity index (χ2v) is 6.40. The minimum Gasteiger partial charge on any atom is -0.489 e. The zero-order chi connectivity index (χ0) is 18.6. The molecule has 1 aliphatic rings. The van der Waals surface area contributed by atoms with E-state index < -0.39 is 0 Å². The fourth-order valence-corrected chi connectivity index (χ4v) is 2.75. The Morgan fingerprint density at radius 1 is 0.963 bits per heavy atom. The summed E-state index contributed by atoms with van der Waals surface area (Å²) in [5, 5.41) is 3.55. The van der Waals surface area contributed by atoms with Gasteiger partial charge < -0.3 is 19.5 Å². The SMILES string of the molecule is O=C(Nc1ccc(OCc2ccc(Cl)cc2)cc1)c1ccc2c(c1)OCO2. The summed E-state index contributed by atoms with van der Waals surface area (Å²) in [7, 11) is 0. The Balaban J connectivity index is 1.36. The van der Waals surface area contributed by atoms with Crippen molar-refractivity contribution in [3.63, 3.8) is 0 Å². The van der Waals surface area contributed by atoms with Gasteiger partial charge >= 0.3 is 0 Å². The average Bonchev–Trinajstić information content (AvgIpc) is 3.16. The smallest absolute Gasteiger partial charge is 0.255 e. The Hall–Kier alpha value is -3.18. The van der Waals surface area contributed by atoms with Gasteiger partial charge in [-0.1, -0.05) is 23.7 Å². The van der Waals surface area contributed by atoms with Gasteiger partial charge in [-0.25, -0.2) is 0 Å². The average molecular weight is 382 g/mol. The lowest BCUT2D eigenvalue weighted by molar-refractivity contribution is 0.102. The fraction of sp³-hybridized carbons (Fsp3) is 0.0952. The van der Waals surface area contributed by atoms with Crippen LogP contribution in [-0.2, 0) is 6.61 Å². The largest absolute Gasteiger partial charge is 0.489 e. The van der Waals surface area contributed by atoms with Crippen LogP contribution in [0.4, 0.5) is 5.69 Å². The predicted molar refractivity (Wildman–Crippen MR) is 103 cm³/mol. The number of carbonyl (C=O) groups is 1. The predicted octanol–water partition coefficient (Wildman–Crippen LogP) is 4.90. The highest BCUT2D eigenvalue weighted by molar-refractivity contribution is 6.30. The van der Waals surface area contributed by atoms with E-state index in [1.165, 1.54) is 0 Å². The highest BCUT2D eigenvalue weighted by atomic mass is 35.5. The lowest BCUT2D eigenvalue weighted by atomic mass is 10.2. The summed E-state index contributed by atoms with van der Waals surface area (Å²) in [6, 6.07) is 19.8. The molecular weight excluding hydrogens is 366 g/mol. The lowest BCUT2D eigenvalue weighted by Crippen LogP contribution is -2.11. The lowest BCUT2D eigenvalue weighted by Gasteiger charge is -2.09. The summed E-state index contributed by atoms with van der Waals surface area (Å²) in [6.45, 7) is 0.623. The molecule has 1 N–H and O–H groups in total. The first-order chi connectivity index (χ1) is 13.2. The molecule has 0 bridgehead atoms. The highest BCUT2D eigenvalue weighted by Crippen LogP contribution is 2.32. The van der Waals surface area contributed by atoms with E-state index in [1.54, 1.807) is 30.3 Å². The normalized spacial score (nSPS) is 11.9. The van der Waals surface area contributed by atoms with Gasteiger partial charge in [0.25, 0.3) is 5.91 Å². The van der Waals surface area contributed by atoms with Gasteiger partial charge in [-0.3, -0.25) is 4.79 Å². The number of hydrogen-bond acceptors (Lipinski definition) is 4. The van der Waals surface area contributed by atoms with Crippen molar-refractivity contribution in [2.24, 2.45) is 0 Å². The number of halogens is 1. The van der Waals surface area contributed by atoms with Gasteiger partial charge in [-0.15, -0.1) is 0 Å². The number of carbonyl (C=O) groups excluding carboxylic acids is 1. The molecule has 1 aliphatic heterocycles. The molecule has 1 amide bonds. The molecule has 0 aliphatic carbocycles. The number of amides is 1. The van der Waals surface area contributed by atoms with Crippen LogP contribution in [0.5, 0.6) is 17.2 Å². The van der Waals surface area contributed by atoms with Crippen molar-refractivity contribution < 1.29 is 19.0 Å². The number of nitrogens with one attached hydrogen (secondary N) is 1. The van der Waals surface area contributed by atoms with Gasteiger partial charge in [0.2, 0.25) is 6.79 Å². The molecule has 27 heavy (non-hydrogen) atoms. The molecule has 6 heteroatoms. The third-order valence-electron chi connectivity index (χ3n) is 4.07. The standard InChI is InChI=1S/C21H16ClNO4/c22-16-4-1-14(2-5-16)12-25-18-8-6-17(7-9-18)23-21(24)15-3-10-19-20(11-15)27-13-26-19/h1-11H,12-13H2,(H,23,24). The number of rotatable bonds is 5. The van der Waals surface area contributed by atoms with Crippen LogP contribution in [0.15, 0.2) is 66.7 Å². The van der Waals surface area contributed by atoms with E-state index in [2.05, 4.69) is 5.32 Å². The van der Waals surface area contributed by atoms with Crippen molar-refractivity contribution in [3.05, 3.63) is 82.9 Å². The molecular formula is C21H16ClNO4. The molecule has 0 spiro atoms. The zero-order valence-electron chi connectivity index (χ0n) is 14.3. The summed E-state index contributed by atoms with van der Waals surface area (Å²) in [4.78, 5) is 12.4. The molecule has 0 unspecified atom stereocenters. The number of hydrogen-bond donors (Lipinski definition) is 1. The number of benzene rings is 3. The summed E-state index contributed by atoms with van der Waals surface area (Å²) in [5.74, 6) is 1.72. The Morgan fingerprint density at radius 3 is 2.48 bits per heavy atom. The van der Waals surface area contributed by atoms with Crippen LogP contribution in [0.1, 0.15) is 15.9 Å². The third-order valence-corrected chi connectivity index (χ3v) is 4.32. The second kappa shape index (κ2) is 7.60. The molecule has 0 saturated carbocycles. The molecule has 4 rings (SSSR count). The van der Waals surface area contributed by atoms with Crippen molar-refractivity contribution in [1.82, 2.24) is 0 Å². The topological polar surface area (TPSA) is 56.8 Å². The Kier molecular flexibility index (Phi) is 4.85. The maximum atomic E-state index is 12.4. The zero-order valence-corrected chi connectivity index (χ0v) is 15.0. The number of ether oxygens (including phenoxy) is 3. The first-order valence-electron chi connectivity index (χ1n) is 8.36. The fourth-order valence-electron chi connectivity index (χ4n) is 2.62. The quantitative estimate of drug-likeness (QED) is 0.683. The summed E-state index contributed by atoms with van der Waals surface area (Å²) in [6.07, 6.45) is 0. The minimum absolute atomic E-state index is 0.178. The van der Waals surface area contributed by atoms with E-state index in [0.29, 0.717) is 40.1 Å². The van der Waals surface area contributed by atoms with Gasteiger partial charge in [0.15, 0.2) is 11.5 Å². The van der Waals surface area contributed by atoms with Crippen molar-refractivity contribution in [3.8, 4) is 17.2 Å².